The van der Waals surface area contributed by atoms with Crippen molar-refractivity contribution >= 4 is 33.2 Å². The minimum absolute atomic E-state index is 0.194. The van der Waals surface area contributed by atoms with Crippen LogP contribution in [0.2, 0.25) is 0 Å². The van der Waals surface area contributed by atoms with Crippen molar-refractivity contribution in [3.63, 3.8) is 0 Å². The van der Waals surface area contributed by atoms with Crippen LogP contribution in [0.15, 0.2) is 15.9 Å². The van der Waals surface area contributed by atoms with E-state index in [1.165, 1.54) is 17.7 Å². The van der Waals surface area contributed by atoms with E-state index in [2.05, 4.69) is 46.2 Å². The van der Waals surface area contributed by atoms with Gasteiger partial charge in [0, 0.05) is 27.8 Å². The van der Waals surface area contributed by atoms with Crippen LogP contribution in [0.4, 0.5) is 0 Å². The first-order valence-electron chi connectivity index (χ1n) is 6.64. The fourth-order valence-electron chi connectivity index (χ4n) is 2.18. The fourth-order valence-corrected chi connectivity index (χ4v) is 3.68. The molecule has 0 aliphatic heterocycles. The molecule has 1 aliphatic carbocycles. The molecule has 5 heteroatoms. The van der Waals surface area contributed by atoms with E-state index in [1.54, 1.807) is 11.3 Å². The summed E-state index contributed by atoms with van der Waals surface area (Å²) in [6, 6.07) is 2.60. The summed E-state index contributed by atoms with van der Waals surface area (Å²) in [6.07, 6.45) is 2.64. The number of hydrogen-bond acceptors (Lipinski definition) is 3. The van der Waals surface area contributed by atoms with Gasteiger partial charge in [-0.1, -0.05) is 0 Å². The first kappa shape index (κ1) is 15.0. The van der Waals surface area contributed by atoms with E-state index in [9.17, 15) is 4.79 Å². The monoisotopic (exact) mass is 344 g/mol. The van der Waals surface area contributed by atoms with Crippen molar-refractivity contribution in [3.8, 4) is 0 Å². The topological polar surface area (TPSA) is 23.6 Å². The van der Waals surface area contributed by atoms with Gasteiger partial charge >= 0.3 is 0 Å². The van der Waals surface area contributed by atoms with Gasteiger partial charge in [-0.3, -0.25) is 9.69 Å². The smallest absolute Gasteiger partial charge is 0.236 e. The molecule has 19 heavy (non-hydrogen) atoms. The number of hydrogen-bond donors (Lipinski definition) is 0. The third-order valence-corrected chi connectivity index (χ3v) is 5.51. The predicted octanol–water partition coefficient (Wildman–Crippen LogP) is 3.20. The van der Waals surface area contributed by atoms with Crippen molar-refractivity contribution in [1.82, 2.24) is 9.80 Å². The third-order valence-electron chi connectivity index (χ3n) is 3.82. The molecule has 1 amide bonds. The van der Waals surface area contributed by atoms with Crippen molar-refractivity contribution in [2.45, 2.75) is 32.4 Å². The summed E-state index contributed by atoms with van der Waals surface area (Å²) in [4.78, 5) is 17.4. The number of halogens is 1. The molecule has 1 aromatic rings. The quantitative estimate of drug-likeness (QED) is 0.791. The summed E-state index contributed by atoms with van der Waals surface area (Å²) in [5, 5.41) is 2.05. The van der Waals surface area contributed by atoms with Crippen molar-refractivity contribution < 1.29 is 4.79 Å². The molecular formula is C14H21BrN2OS. The van der Waals surface area contributed by atoms with E-state index in [0.717, 1.165) is 10.4 Å². The van der Waals surface area contributed by atoms with E-state index >= 15 is 0 Å². The van der Waals surface area contributed by atoms with Gasteiger partial charge in [0.2, 0.25) is 5.91 Å². The number of likely N-dealkylation sites (N-methyl/N-ethyl adjacent to an activating group) is 2. The second kappa shape index (κ2) is 6.37. The van der Waals surface area contributed by atoms with Crippen LogP contribution in [0.1, 0.15) is 24.6 Å². The minimum atomic E-state index is 0.194. The van der Waals surface area contributed by atoms with Crippen LogP contribution < -0.4 is 0 Å². The molecule has 3 nitrogen and oxygen atoms in total. The van der Waals surface area contributed by atoms with Crippen LogP contribution in [-0.4, -0.2) is 42.4 Å². The van der Waals surface area contributed by atoms with Crippen molar-refractivity contribution in [2.24, 2.45) is 5.92 Å². The van der Waals surface area contributed by atoms with Crippen LogP contribution in [-0.2, 0) is 11.3 Å². The maximum atomic E-state index is 12.2. The second-order valence-corrected chi connectivity index (χ2v) is 7.39. The maximum absolute atomic E-state index is 12.2. The van der Waals surface area contributed by atoms with Crippen LogP contribution in [0.25, 0.3) is 0 Å². The molecule has 1 unspecified atom stereocenters. The standard InChI is InChI=1S/C14H21BrN2OS/c1-10(11-4-5-11)16(2)8-14(18)17(3)7-13-6-12(15)9-19-13/h6,9-11H,4-5,7-8H2,1-3H3. The van der Waals surface area contributed by atoms with Crippen molar-refractivity contribution in [1.29, 1.82) is 0 Å². The van der Waals surface area contributed by atoms with E-state index < -0.39 is 0 Å². The van der Waals surface area contributed by atoms with E-state index in [-0.39, 0.29) is 5.91 Å². The van der Waals surface area contributed by atoms with Gasteiger partial charge in [0.15, 0.2) is 0 Å². The zero-order chi connectivity index (χ0) is 14.0. The van der Waals surface area contributed by atoms with Gasteiger partial charge in [0.25, 0.3) is 0 Å². The molecule has 0 N–H and O–H groups in total. The first-order chi connectivity index (χ1) is 8.97. The zero-order valence-electron chi connectivity index (χ0n) is 11.7. The molecule has 0 bridgehead atoms. The fraction of sp³-hybridized carbons (Fsp3) is 0.643. The molecule has 1 saturated carbocycles. The lowest BCUT2D eigenvalue weighted by Crippen LogP contribution is -2.40. The van der Waals surface area contributed by atoms with Gasteiger partial charge in [-0.15, -0.1) is 11.3 Å². The number of carbonyl (C=O) groups is 1. The molecule has 1 fully saturated rings. The molecule has 1 aliphatic rings. The van der Waals surface area contributed by atoms with E-state index in [4.69, 9.17) is 0 Å². The number of nitrogens with zero attached hydrogens (tertiary/aromatic N) is 2. The van der Waals surface area contributed by atoms with Gasteiger partial charge in [-0.05, 0) is 54.7 Å². The molecule has 1 heterocycles. The normalized spacial score (nSPS) is 16.7. The molecule has 1 atom stereocenters. The van der Waals surface area contributed by atoms with Gasteiger partial charge in [-0.2, -0.15) is 0 Å². The highest BCUT2D eigenvalue weighted by Crippen LogP contribution is 2.34. The average Bonchev–Trinajstić information content (AvgIpc) is 3.12. The summed E-state index contributed by atoms with van der Waals surface area (Å²) in [5.41, 5.74) is 0. The molecule has 1 aromatic heterocycles. The highest BCUT2D eigenvalue weighted by Gasteiger charge is 2.31. The summed E-state index contributed by atoms with van der Waals surface area (Å²) >= 11 is 5.12. The lowest BCUT2D eigenvalue weighted by Gasteiger charge is -2.26. The Morgan fingerprint density at radius 1 is 1.53 bits per heavy atom. The molecule has 0 spiro atoms. The predicted molar refractivity (Wildman–Crippen MR) is 83.3 cm³/mol. The maximum Gasteiger partial charge on any atom is 0.236 e. The molecule has 0 radical (unpaired) electrons. The molecule has 0 saturated heterocycles. The highest BCUT2D eigenvalue weighted by atomic mass is 79.9. The first-order valence-corrected chi connectivity index (χ1v) is 8.31. The zero-order valence-corrected chi connectivity index (χ0v) is 14.1. The Morgan fingerprint density at radius 3 is 2.74 bits per heavy atom. The Hall–Kier alpha value is -0.390. The van der Waals surface area contributed by atoms with Crippen LogP contribution in [0.5, 0.6) is 0 Å². The lowest BCUT2D eigenvalue weighted by molar-refractivity contribution is -0.131. The number of carbonyl (C=O) groups excluding carboxylic acids is 1. The van der Waals surface area contributed by atoms with Crippen LogP contribution >= 0.6 is 27.3 Å². The van der Waals surface area contributed by atoms with Crippen LogP contribution in [0.3, 0.4) is 0 Å². The Bertz CT molecular complexity index is 444. The van der Waals surface area contributed by atoms with Crippen LogP contribution in [0, 0.1) is 5.92 Å². The molecule has 0 aromatic carbocycles. The molecular weight excluding hydrogens is 324 g/mol. The Labute approximate surface area is 127 Å². The van der Waals surface area contributed by atoms with Crippen molar-refractivity contribution in [2.75, 3.05) is 20.6 Å². The summed E-state index contributed by atoms with van der Waals surface area (Å²) in [6.45, 7) is 3.43. The molecule has 2 rings (SSSR count). The minimum Gasteiger partial charge on any atom is -0.340 e. The number of rotatable bonds is 6. The Kier molecular flexibility index (Phi) is 5.03. The Morgan fingerprint density at radius 2 is 2.21 bits per heavy atom. The van der Waals surface area contributed by atoms with Gasteiger partial charge in [-0.25, -0.2) is 0 Å². The summed E-state index contributed by atoms with van der Waals surface area (Å²) in [7, 11) is 3.93. The average molecular weight is 345 g/mol. The summed E-state index contributed by atoms with van der Waals surface area (Å²) < 4.78 is 1.09. The molecule has 106 valence electrons. The largest absolute Gasteiger partial charge is 0.340 e. The van der Waals surface area contributed by atoms with E-state index in [0.29, 0.717) is 19.1 Å². The van der Waals surface area contributed by atoms with Gasteiger partial charge in [0.05, 0.1) is 13.1 Å². The SMILES string of the molecule is CC(C1CC1)N(C)CC(=O)N(C)Cc1cc(Br)cs1. The highest BCUT2D eigenvalue weighted by molar-refractivity contribution is 9.10. The Balaban J connectivity index is 1.81. The van der Waals surface area contributed by atoms with Gasteiger partial charge < -0.3 is 4.90 Å². The summed E-state index contributed by atoms with van der Waals surface area (Å²) in [5.74, 6) is 0.996. The number of amides is 1. The number of thiophene rings is 1. The second-order valence-electron chi connectivity index (χ2n) is 5.47. The lowest BCUT2D eigenvalue weighted by atomic mass is 10.2. The van der Waals surface area contributed by atoms with Crippen molar-refractivity contribution in [3.05, 3.63) is 20.8 Å². The van der Waals surface area contributed by atoms with E-state index in [1.807, 2.05) is 11.9 Å². The third kappa shape index (κ3) is 4.29. The van der Waals surface area contributed by atoms with Gasteiger partial charge in [0.1, 0.15) is 0 Å².